The fourth-order valence-electron chi connectivity index (χ4n) is 2.88. The Hall–Kier alpha value is -1.83. The minimum Gasteiger partial charge on any atom is -0.481 e. The number of likely N-dealkylation sites (tertiary alicyclic amines) is 1. The summed E-state index contributed by atoms with van der Waals surface area (Å²) in [6.07, 6.45) is 0.575. The van der Waals surface area contributed by atoms with Crippen LogP contribution in [0.3, 0.4) is 0 Å². The summed E-state index contributed by atoms with van der Waals surface area (Å²) < 4.78 is 5.17. The standard InChI is InChI=1S/C14H23N3O5/c1-10-6-11(13(19)20)9-17(8-10)14(21)15-7-12(18)16-2-4-22-5-3-16/h10-11H,2-9H2,1H3,(H,15,21)(H,19,20). The van der Waals surface area contributed by atoms with E-state index in [1.54, 1.807) is 4.90 Å². The smallest absolute Gasteiger partial charge is 0.317 e. The second kappa shape index (κ2) is 7.44. The van der Waals surface area contributed by atoms with Crippen LogP contribution < -0.4 is 5.32 Å². The largest absolute Gasteiger partial charge is 0.481 e. The second-order valence-corrected chi connectivity index (χ2v) is 5.93. The molecule has 2 heterocycles. The van der Waals surface area contributed by atoms with Gasteiger partial charge in [0.25, 0.3) is 0 Å². The Balaban J connectivity index is 1.80. The van der Waals surface area contributed by atoms with Crippen molar-refractivity contribution < 1.29 is 24.2 Å². The SMILES string of the molecule is CC1CC(C(=O)O)CN(C(=O)NCC(=O)N2CCOCC2)C1. The van der Waals surface area contributed by atoms with Gasteiger partial charge < -0.3 is 25.0 Å². The second-order valence-electron chi connectivity index (χ2n) is 5.93. The summed E-state index contributed by atoms with van der Waals surface area (Å²) in [6.45, 7) is 4.68. The van der Waals surface area contributed by atoms with Gasteiger partial charge >= 0.3 is 12.0 Å². The molecule has 8 heteroatoms. The molecule has 0 saturated carbocycles. The van der Waals surface area contributed by atoms with Crippen LogP contribution in [0, 0.1) is 11.8 Å². The van der Waals surface area contributed by atoms with Crippen LogP contribution in [0.4, 0.5) is 4.79 Å². The van der Waals surface area contributed by atoms with E-state index in [0.29, 0.717) is 39.3 Å². The predicted molar refractivity (Wildman–Crippen MR) is 77.3 cm³/mol. The molecule has 124 valence electrons. The van der Waals surface area contributed by atoms with Crippen LogP contribution in [0.25, 0.3) is 0 Å². The average Bonchev–Trinajstić information content (AvgIpc) is 2.52. The topological polar surface area (TPSA) is 99.2 Å². The summed E-state index contributed by atoms with van der Waals surface area (Å²) in [7, 11) is 0. The average molecular weight is 313 g/mol. The molecular weight excluding hydrogens is 290 g/mol. The number of carbonyl (C=O) groups excluding carboxylic acids is 2. The van der Waals surface area contributed by atoms with E-state index in [1.807, 2.05) is 6.92 Å². The summed E-state index contributed by atoms with van der Waals surface area (Å²) in [5, 5.41) is 11.7. The Morgan fingerprint density at radius 3 is 2.50 bits per heavy atom. The molecule has 2 atom stereocenters. The highest BCUT2D eigenvalue weighted by Crippen LogP contribution is 2.21. The minimum absolute atomic E-state index is 0.0680. The monoisotopic (exact) mass is 313 g/mol. The molecule has 22 heavy (non-hydrogen) atoms. The van der Waals surface area contributed by atoms with Crippen LogP contribution in [-0.2, 0) is 14.3 Å². The lowest BCUT2D eigenvalue weighted by Crippen LogP contribution is -2.52. The van der Waals surface area contributed by atoms with E-state index >= 15 is 0 Å². The van der Waals surface area contributed by atoms with Gasteiger partial charge in [0.05, 0.1) is 25.7 Å². The number of hydrogen-bond donors (Lipinski definition) is 2. The summed E-state index contributed by atoms with van der Waals surface area (Å²) in [4.78, 5) is 38.3. The maximum Gasteiger partial charge on any atom is 0.317 e. The lowest BCUT2D eigenvalue weighted by Gasteiger charge is -2.34. The number of carboxylic acids is 1. The van der Waals surface area contributed by atoms with E-state index in [1.165, 1.54) is 4.90 Å². The highest BCUT2D eigenvalue weighted by Gasteiger charge is 2.32. The number of piperidine rings is 1. The number of hydrogen-bond acceptors (Lipinski definition) is 4. The van der Waals surface area contributed by atoms with Crippen molar-refractivity contribution in [3.8, 4) is 0 Å². The van der Waals surface area contributed by atoms with Crippen molar-refractivity contribution in [3.05, 3.63) is 0 Å². The Kier molecular flexibility index (Phi) is 5.59. The summed E-state index contributed by atoms with van der Waals surface area (Å²) in [6, 6.07) is -0.376. The van der Waals surface area contributed by atoms with E-state index in [-0.39, 0.29) is 30.9 Å². The van der Waals surface area contributed by atoms with Gasteiger partial charge in [-0.1, -0.05) is 6.92 Å². The first-order valence-corrected chi connectivity index (χ1v) is 7.58. The lowest BCUT2D eigenvalue weighted by atomic mass is 9.91. The molecule has 0 aromatic heterocycles. The third-order valence-electron chi connectivity index (χ3n) is 4.05. The molecule has 3 amide bonds. The van der Waals surface area contributed by atoms with Crippen LogP contribution in [0.2, 0.25) is 0 Å². The van der Waals surface area contributed by atoms with Gasteiger partial charge in [-0.3, -0.25) is 9.59 Å². The molecule has 0 aromatic rings. The number of nitrogens with one attached hydrogen (secondary N) is 1. The number of urea groups is 1. The lowest BCUT2D eigenvalue weighted by molar-refractivity contribution is -0.143. The summed E-state index contributed by atoms with van der Waals surface area (Å²) in [5.74, 6) is -1.43. The number of rotatable bonds is 3. The first-order valence-electron chi connectivity index (χ1n) is 7.58. The van der Waals surface area contributed by atoms with E-state index in [0.717, 1.165) is 0 Å². The van der Waals surface area contributed by atoms with Crippen molar-refractivity contribution in [3.63, 3.8) is 0 Å². The number of aliphatic carboxylic acids is 1. The fourth-order valence-corrected chi connectivity index (χ4v) is 2.88. The van der Waals surface area contributed by atoms with Crippen LogP contribution >= 0.6 is 0 Å². The highest BCUT2D eigenvalue weighted by atomic mass is 16.5. The molecule has 2 unspecified atom stereocenters. The van der Waals surface area contributed by atoms with E-state index in [9.17, 15) is 14.4 Å². The molecule has 2 aliphatic heterocycles. The molecule has 2 aliphatic rings. The van der Waals surface area contributed by atoms with Crippen molar-refractivity contribution in [2.45, 2.75) is 13.3 Å². The number of amides is 3. The first kappa shape index (κ1) is 16.5. The highest BCUT2D eigenvalue weighted by molar-refractivity contribution is 5.84. The van der Waals surface area contributed by atoms with Crippen molar-refractivity contribution in [1.29, 1.82) is 0 Å². The molecule has 0 radical (unpaired) electrons. The van der Waals surface area contributed by atoms with Crippen molar-refractivity contribution in [1.82, 2.24) is 15.1 Å². The van der Waals surface area contributed by atoms with Crippen molar-refractivity contribution in [2.24, 2.45) is 11.8 Å². The molecule has 2 fully saturated rings. The fraction of sp³-hybridized carbons (Fsp3) is 0.786. The Bertz CT molecular complexity index is 436. The number of nitrogens with zero attached hydrogens (tertiary/aromatic N) is 2. The Labute approximate surface area is 129 Å². The van der Waals surface area contributed by atoms with Crippen LogP contribution in [0.5, 0.6) is 0 Å². The van der Waals surface area contributed by atoms with E-state index < -0.39 is 11.9 Å². The summed E-state index contributed by atoms with van der Waals surface area (Å²) in [5.41, 5.74) is 0. The first-order chi connectivity index (χ1) is 10.5. The van der Waals surface area contributed by atoms with Gasteiger partial charge in [0.15, 0.2) is 0 Å². The molecule has 2 saturated heterocycles. The van der Waals surface area contributed by atoms with E-state index in [2.05, 4.69) is 5.32 Å². The van der Waals surface area contributed by atoms with Crippen LogP contribution in [0.15, 0.2) is 0 Å². The van der Waals surface area contributed by atoms with Gasteiger partial charge in [0.1, 0.15) is 0 Å². The van der Waals surface area contributed by atoms with Crippen LogP contribution in [-0.4, -0.2) is 78.8 Å². The van der Waals surface area contributed by atoms with Crippen molar-refractivity contribution in [2.75, 3.05) is 45.9 Å². The minimum atomic E-state index is -0.881. The number of carboxylic acid groups (broad SMARTS) is 1. The Morgan fingerprint density at radius 2 is 1.86 bits per heavy atom. The Morgan fingerprint density at radius 1 is 1.18 bits per heavy atom. The number of carbonyl (C=O) groups is 3. The zero-order chi connectivity index (χ0) is 16.1. The predicted octanol–water partition coefficient (Wildman–Crippen LogP) is -0.403. The van der Waals surface area contributed by atoms with Gasteiger partial charge in [-0.25, -0.2) is 4.79 Å². The zero-order valence-electron chi connectivity index (χ0n) is 12.8. The molecule has 0 spiro atoms. The molecule has 8 nitrogen and oxygen atoms in total. The number of morpholine rings is 1. The maximum atomic E-state index is 12.1. The van der Waals surface area contributed by atoms with Gasteiger partial charge in [-0.15, -0.1) is 0 Å². The maximum absolute atomic E-state index is 12.1. The van der Waals surface area contributed by atoms with Gasteiger partial charge in [0, 0.05) is 26.2 Å². The van der Waals surface area contributed by atoms with Gasteiger partial charge in [-0.05, 0) is 12.3 Å². The zero-order valence-corrected chi connectivity index (χ0v) is 12.8. The number of ether oxygens (including phenoxy) is 1. The quantitative estimate of drug-likeness (QED) is 0.738. The normalized spacial score (nSPS) is 25.7. The molecule has 2 rings (SSSR count). The molecule has 0 bridgehead atoms. The third-order valence-corrected chi connectivity index (χ3v) is 4.05. The third kappa shape index (κ3) is 4.33. The molecule has 0 aliphatic carbocycles. The van der Waals surface area contributed by atoms with Crippen LogP contribution in [0.1, 0.15) is 13.3 Å². The van der Waals surface area contributed by atoms with E-state index in [4.69, 9.17) is 9.84 Å². The molecular formula is C14H23N3O5. The molecule has 2 N–H and O–H groups in total. The van der Waals surface area contributed by atoms with Gasteiger partial charge in [-0.2, -0.15) is 0 Å². The summed E-state index contributed by atoms with van der Waals surface area (Å²) >= 11 is 0. The molecule has 0 aromatic carbocycles. The van der Waals surface area contributed by atoms with Gasteiger partial charge in [0.2, 0.25) is 5.91 Å². The van der Waals surface area contributed by atoms with Crippen molar-refractivity contribution >= 4 is 17.9 Å².